The largest absolute Gasteiger partial charge is 0.461 e. The highest BCUT2D eigenvalue weighted by atomic mass is 16.6. The highest BCUT2D eigenvalue weighted by Crippen LogP contribution is 2.57. The molecule has 2 saturated carbocycles. The quantitative estimate of drug-likeness (QED) is 0.530. The summed E-state index contributed by atoms with van der Waals surface area (Å²) in [6.07, 6.45) is 3.27. The van der Waals surface area contributed by atoms with Crippen LogP contribution in [0.2, 0.25) is 0 Å². The first-order valence-corrected chi connectivity index (χ1v) is 7.01. The van der Waals surface area contributed by atoms with Crippen LogP contribution in [0.4, 0.5) is 0 Å². The normalized spacial score (nSPS) is 51.6. The first-order chi connectivity index (χ1) is 8.45. The van der Waals surface area contributed by atoms with E-state index in [0.717, 1.165) is 25.7 Å². The Bertz CT molecular complexity index is 403. The minimum Gasteiger partial charge on any atom is -0.461 e. The molecule has 0 aromatic rings. The summed E-state index contributed by atoms with van der Waals surface area (Å²) < 4.78 is 5.62. The standard InChI is InChI=1S/C15H22O3/c1-8-4-5-11(16)15(3)7-6-10-9(2)14(17)18-13(10)12(8)15/h9-13,16H,1,4-7H2,2-3H3/t9-,10+,11-,12-,13-,15-/m0/s1. The molecule has 1 N–H and O–H groups in total. The third kappa shape index (κ3) is 1.43. The van der Waals surface area contributed by atoms with E-state index in [1.807, 2.05) is 6.92 Å². The smallest absolute Gasteiger partial charge is 0.309 e. The Hall–Kier alpha value is -0.830. The Morgan fingerprint density at radius 3 is 2.89 bits per heavy atom. The molecular weight excluding hydrogens is 228 g/mol. The fourth-order valence-electron chi connectivity index (χ4n) is 4.41. The Labute approximate surface area is 108 Å². The summed E-state index contributed by atoms with van der Waals surface area (Å²) in [6, 6.07) is 0. The van der Waals surface area contributed by atoms with Gasteiger partial charge in [-0.25, -0.2) is 0 Å². The molecule has 3 heteroatoms. The van der Waals surface area contributed by atoms with Crippen LogP contribution in [0.3, 0.4) is 0 Å². The molecule has 1 heterocycles. The molecule has 18 heavy (non-hydrogen) atoms. The van der Waals surface area contributed by atoms with Crippen molar-refractivity contribution in [3.05, 3.63) is 12.2 Å². The Kier molecular flexibility index (Phi) is 2.60. The van der Waals surface area contributed by atoms with Gasteiger partial charge in [0.2, 0.25) is 0 Å². The van der Waals surface area contributed by atoms with Crippen molar-refractivity contribution < 1.29 is 14.6 Å². The molecule has 2 aliphatic carbocycles. The number of rotatable bonds is 0. The number of carbonyl (C=O) groups is 1. The third-order valence-corrected chi connectivity index (χ3v) is 5.68. The van der Waals surface area contributed by atoms with Gasteiger partial charge in [0.1, 0.15) is 6.10 Å². The van der Waals surface area contributed by atoms with Gasteiger partial charge in [-0.15, -0.1) is 0 Å². The van der Waals surface area contributed by atoms with Crippen molar-refractivity contribution in [2.24, 2.45) is 23.2 Å². The molecule has 100 valence electrons. The lowest BCUT2D eigenvalue weighted by Crippen LogP contribution is -2.53. The topological polar surface area (TPSA) is 46.5 Å². The Balaban J connectivity index is 1.98. The molecule has 1 aliphatic heterocycles. The van der Waals surface area contributed by atoms with Gasteiger partial charge in [0, 0.05) is 17.3 Å². The van der Waals surface area contributed by atoms with Gasteiger partial charge in [0.25, 0.3) is 0 Å². The number of aliphatic hydroxyl groups is 1. The highest BCUT2D eigenvalue weighted by Gasteiger charge is 2.58. The van der Waals surface area contributed by atoms with Crippen molar-refractivity contribution in [2.45, 2.75) is 51.7 Å². The zero-order chi connectivity index (χ0) is 13.1. The van der Waals surface area contributed by atoms with E-state index in [9.17, 15) is 9.90 Å². The maximum Gasteiger partial charge on any atom is 0.309 e. The molecule has 0 aromatic heterocycles. The van der Waals surface area contributed by atoms with Gasteiger partial charge in [-0.3, -0.25) is 4.79 Å². The first kappa shape index (κ1) is 12.2. The maximum atomic E-state index is 11.8. The molecule has 0 aromatic carbocycles. The van der Waals surface area contributed by atoms with E-state index in [2.05, 4.69) is 13.5 Å². The van der Waals surface area contributed by atoms with E-state index >= 15 is 0 Å². The van der Waals surface area contributed by atoms with Crippen LogP contribution in [-0.2, 0) is 9.53 Å². The number of fused-ring (bicyclic) bond motifs is 3. The molecule has 0 spiro atoms. The van der Waals surface area contributed by atoms with Crippen LogP contribution in [0.25, 0.3) is 0 Å². The van der Waals surface area contributed by atoms with Crippen LogP contribution in [0.1, 0.15) is 39.5 Å². The third-order valence-electron chi connectivity index (χ3n) is 5.68. The van der Waals surface area contributed by atoms with Crippen LogP contribution >= 0.6 is 0 Å². The number of carbonyl (C=O) groups excluding carboxylic acids is 1. The van der Waals surface area contributed by atoms with E-state index in [1.165, 1.54) is 5.57 Å². The van der Waals surface area contributed by atoms with Crippen molar-refractivity contribution in [2.75, 3.05) is 0 Å². The molecular formula is C15H22O3. The predicted molar refractivity (Wildman–Crippen MR) is 67.7 cm³/mol. The van der Waals surface area contributed by atoms with Crippen molar-refractivity contribution in [1.29, 1.82) is 0 Å². The van der Waals surface area contributed by atoms with Gasteiger partial charge < -0.3 is 9.84 Å². The Morgan fingerprint density at radius 2 is 2.17 bits per heavy atom. The van der Waals surface area contributed by atoms with Crippen molar-refractivity contribution >= 4 is 5.97 Å². The van der Waals surface area contributed by atoms with E-state index in [0.29, 0.717) is 5.92 Å². The summed E-state index contributed by atoms with van der Waals surface area (Å²) in [6.45, 7) is 8.29. The molecule has 3 aliphatic rings. The number of hydrogen-bond acceptors (Lipinski definition) is 3. The van der Waals surface area contributed by atoms with Gasteiger partial charge in [-0.1, -0.05) is 26.0 Å². The zero-order valence-electron chi connectivity index (χ0n) is 11.2. The van der Waals surface area contributed by atoms with Crippen molar-refractivity contribution in [3.8, 4) is 0 Å². The molecule has 0 bridgehead atoms. The highest BCUT2D eigenvalue weighted by molar-refractivity contribution is 5.75. The molecule has 3 rings (SSSR count). The lowest BCUT2D eigenvalue weighted by atomic mass is 9.54. The summed E-state index contributed by atoms with van der Waals surface area (Å²) in [5.41, 5.74) is 1.01. The van der Waals surface area contributed by atoms with E-state index in [4.69, 9.17) is 4.74 Å². The summed E-state index contributed by atoms with van der Waals surface area (Å²) in [7, 11) is 0. The molecule has 0 radical (unpaired) electrons. The summed E-state index contributed by atoms with van der Waals surface area (Å²) in [4.78, 5) is 11.8. The lowest BCUT2D eigenvalue weighted by Gasteiger charge is -2.52. The second kappa shape index (κ2) is 3.83. The fourth-order valence-corrected chi connectivity index (χ4v) is 4.41. The molecule has 1 saturated heterocycles. The van der Waals surface area contributed by atoms with E-state index in [-0.39, 0.29) is 35.4 Å². The molecule has 3 nitrogen and oxygen atoms in total. The minimum atomic E-state index is -0.288. The number of hydrogen-bond donors (Lipinski definition) is 1. The maximum absolute atomic E-state index is 11.8. The second-order valence-corrected chi connectivity index (χ2v) is 6.59. The summed E-state index contributed by atoms with van der Waals surface area (Å²) in [5, 5.41) is 10.4. The van der Waals surface area contributed by atoms with Gasteiger partial charge in [0.05, 0.1) is 12.0 Å². The van der Waals surface area contributed by atoms with Crippen LogP contribution < -0.4 is 0 Å². The van der Waals surface area contributed by atoms with Crippen LogP contribution in [-0.4, -0.2) is 23.3 Å². The van der Waals surface area contributed by atoms with Crippen molar-refractivity contribution in [1.82, 2.24) is 0 Å². The van der Waals surface area contributed by atoms with Crippen molar-refractivity contribution in [3.63, 3.8) is 0 Å². The fraction of sp³-hybridized carbons (Fsp3) is 0.800. The van der Waals surface area contributed by atoms with E-state index < -0.39 is 0 Å². The average molecular weight is 250 g/mol. The molecule has 0 unspecified atom stereocenters. The molecule has 6 atom stereocenters. The minimum absolute atomic E-state index is 0.00594. The SMILES string of the molecule is C=C1CC[C@H](O)[C@]2(C)CC[C@H]3[C@H](OC(=O)[C@H]3C)[C@H]12. The summed E-state index contributed by atoms with van der Waals surface area (Å²) >= 11 is 0. The van der Waals surface area contributed by atoms with Gasteiger partial charge in [-0.2, -0.15) is 0 Å². The van der Waals surface area contributed by atoms with Gasteiger partial charge >= 0.3 is 5.97 Å². The van der Waals surface area contributed by atoms with Gasteiger partial charge in [-0.05, 0) is 25.7 Å². The van der Waals surface area contributed by atoms with Crippen LogP contribution in [0.5, 0.6) is 0 Å². The predicted octanol–water partition coefficient (Wildman–Crippen LogP) is 2.29. The van der Waals surface area contributed by atoms with Gasteiger partial charge in [0.15, 0.2) is 0 Å². The number of esters is 1. The second-order valence-electron chi connectivity index (χ2n) is 6.59. The molecule has 0 amide bonds. The number of aliphatic hydroxyl groups excluding tert-OH is 1. The Morgan fingerprint density at radius 1 is 1.44 bits per heavy atom. The summed E-state index contributed by atoms with van der Waals surface area (Å²) in [5.74, 6) is 0.403. The van der Waals surface area contributed by atoms with E-state index in [1.54, 1.807) is 0 Å². The monoisotopic (exact) mass is 250 g/mol. The van der Waals surface area contributed by atoms with Crippen LogP contribution in [0.15, 0.2) is 12.2 Å². The zero-order valence-corrected chi connectivity index (χ0v) is 11.2. The first-order valence-electron chi connectivity index (χ1n) is 7.01. The lowest BCUT2D eigenvalue weighted by molar-refractivity contribution is -0.152. The van der Waals surface area contributed by atoms with Crippen LogP contribution in [0, 0.1) is 23.2 Å². The molecule has 3 fully saturated rings. The number of ether oxygens (including phenoxy) is 1. The average Bonchev–Trinajstić information content (AvgIpc) is 2.60.